The van der Waals surface area contributed by atoms with Crippen LogP contribution in [0.2, 0.25) is 0 Å². The van der Waals surface area contributed by atoms with Crippen LogP contribution in [0.25, 0.3) is 16.9 Å². The predicted octanol–water partition coefficient (Wildman–Crippen LogP) is 4.86. The first-order chi connectivity index (χ1) is 17.5. The highest BCUT2D eigenvalue weighted by atomic mass is 19.2. The van der Waals surface area contributed by atoms with Gasteiger partial charge in [-0.2, -0.15) is 14.8 Å². The van der Waals surface area contributed by atoms with Gasteiger partial charge in [0.25, 0.3) is 5.95 Å². The number of nitrogens with zero attached hydrogens (tertiary/aromatic N) is 6. The van der Waals surface area contributed by atoms with Gasteiger partial charge in [0.2, 0.25) is 5.89 Å². The number of hydrogen-bond acceptors (Lipinski definition) is 7. The maximum Gasteiger partial charge on any atom is 0.410 e. The second-order valence-corrected chi connectivity index (χ2v) is 11.5. The summed E-state index contributed by atoms with van der Waals surface area (Å²) in [6.45, 7) is 13.6. The first-order valence-electron chi connectivity index (χ1n) is 12.9. The number of likely N-dealkylation sites (tertiary alicyclic amines) is 2. The fourth-order valence-electron chi connectivity index (χ4n) is 5.10. The molecular weight excluding hydrogens is 482 g/mol. The van der Waals surface area contributed by atoms with Gasteiger partial charge in [0.1, 0.15) is 11.1 Å². The number of aromatic nitrogens is 4. The minimum absolute atomic E-state index is 0.0104. The third-order valence-corrected chi connectivity index (χ3v) is 6.99. The van der Waals surface area contributed by atoms with Crippen LogP contribution in [0, 0.1) is 17.6 Å². The number of hydrogen-bond donors (Lipinski definition) is 0. The van der Waals surface area contributed by atoms with Crippen LogP contribution in [0.5, 0.6) is 0 Å². The van der Waals surface area contributed by atoms with Crippen LogP contribution in [-0.2, 0) is 4.74 Å². The van der Waals surface area contributed by atoms with Gasteiger partial charge < -0.3 is 19.1 Å². The number of rotatable bonds is 5. The molecule has 5 rings (SSSR count). The lowest BCUT2D eigenvalue weighted by Gasteiger charge is -2.43. The van der Waals surface area contributed by atoms with E-state index >= 15 is 0 Å². The monoisotopic (exact) mass is 516 g/mol. The molecular formula is C26H34F2N6O3. The summed E-state index contributed by atoms with van der Waals surface area (Å²) in [5, 5.41) is 9.09. The predicted molar refractivity (Wildman–Crippen MR) is 133 cm³/mol. The van der Waals surface area contributed by atoms with E-state index in [1.807, 2.05) is 34.6 Å². The van der Waals surface area contributed by atoms with Crippen LogP contribution >= 0.6 is 0 Å². The molecule has 1 aromatic carbocycles. The van der Waals surface area contributed by atoms with Crippen molar-refractivity contribution in [3.63, 3.8) is 0 Å². The summed E-state index contributed by atoms with van der Waals surface area (Å²) in [4.78, 5) is 20.8. The average molecular weight is 517 g/mol. The highest BCUT2D eigenvalue weighted by Gasteiger charge is 2.36. The van der Waals surface area contributed by atoms with E-state index in [-0.39, 0.29) is 29.4 Å². The Hall–Kier alpha value is -3.08. The van der Waals surface area contributed by atoms with Crippen molar-refractivity contribution in [2.45, 2.75) is 64.9 Å². The van der Waals surface area contributed by atoms with Crippen molar-refractivity contribution in [2.75, 3.05) is 32.7 Å². The Labute approximate surface area is 214 Å². The lowest BCUT2D eigenvalue weighted by molar-refractivity contribution is -0.00767. The molecule has 0 aliphatic carbocycles. The third kappa shape index (κ3) is 5.18. The number of amides is 1. The van der Waals surface area contributed by atoms with Crippen LogP contribution in [0.1, 0.15) is 70.9 Å². The third-order valence-electron chi connectivity index (χ3n) is 6.99. The first-order valence-corrected chi connectivity index (χ1v) is 12.9. The van der Waals surface area contributed by atoms with Gasteiger partial charge in [0.15, 0.2) is 11.6 Å². The summed E-state index contributed by atoms with van der Waals surface area (Å²) < 4.78 is 41.0. The van der Waals surface area contributed by atoms with E-state index < -0.39 is 17.2 Å². The summed E-state index contributed by atoms with van der Waals surface area (Å²) in [6, 6.07) is 2.65. The Kier molecular flexibility index (Phi) is 6.68. The van der Waals surface area contributed by atoms with Crippen molar-refractivity contribution in [3.8, 4) is 5.95 Å². The number of carbonyl (C=O) groups excluding carboxylic acids is 1. The van der Waals surface area contributed by atoms with E-state index in [4.69, 9.17) is 9.26 Å². The SMILES string of the molecule is CC(C)c1nn(-c2noc(C3CCN(CC4CN(C(=O)OC(C)(C)C)C4)CC3)n2)c2c(F)c(F)ccc12. The number of piperidine rings is 1. The zero-order valence-corrected chi connectivity index (χ0v) is 22.0. The van der Waals surface area contributed by atoms with Gasteiger partial charge in [0.05, 0.1) is 5.69 Å². The molecule has 11 heteroatoms. The fraction of sp³-hybridized carbons (Fsp3) is 0.615. The van der Waals surface area contributed by atoms with E-state index in [0.717, 1.165) is 51.6 Å². The van der Waals surface area contributed by atoms with E-state index in [9.17, 15) is 13.6 Å². The van der Waals surface area contributed by atoms with Crippen LogP contribution in [0.15, 0.2) is 16.7 Å². The number of halogens is 2. The Morgan fingerprint density at radius 2 is 1.89 bits per heavy atom. The second kappa shape index (κ2) is 9.66. The van der Waals surface area contributed by atoms with Gasteiger partial charge in [-0.3, -0.25) is 0 Å². The molecule has 0 unspecified atom stereocenters. The van der Waals surface area contributed by atoms with E-state index in [1.165, 1.54) is 10.7 Å². The maximum atomic E-state index is 14.7. The number of benzene rings is 1. The Balaban J connectivity index is 1.20. The molecule has 0 atom stereocenters. The molecule has 200 valence electrons. The van der Waals surface area contributed by atoms with Gasteiger partial charge in [-0.1, -0.05) is 13.8 Å². The van der Waals surface area contributed by atoms with Crippen LogP contribution in [0.3, 0.4) is 0 Å². The molecule has 0 spiro atoms. The minimum atomic E-state index is -0.974. The maximum absolute atomic E-state index is 14.7. The number of fused-ring (bicyclic) bond motifs is 1. The molecule has 0 N–H and O–H groups in total. The van der Waals surface area contributed by atoms with Crippen molar-refractivity contribution in [3.05, 3.63) is 35.4 Å². The van der Waals surface area contributed by atoms with Gasteiger partial charge >= 0.3 is 6.09 Å². The van der Waals surface area contributed by atoms with E-state index in [0.29, 0.717) is 22.9 Å². The molecule has 4 heterocycles. The molecule has 2 aromatic heterocycles. The summed E-state index contributed by atoms with van der Waals surface area (Å²) in [6.07, 6.45) is 1.46. The quantitative estimate of drug-likeness (QED) is 0.479. The number of ether oxygens (including phenoxy) is 1. The smallest absolute Gasteiger partial charge is 0.410 e. The van der Waals surface area contributed by atoms with Crippen LogP contribution < -0.4 is 0 Å². The summed E-state index contributed by atoms with van der Waals surface area (Å²) >= 11 is 0. The Bertz CT molecular complexity index is 1280. The van der Waals surface area contributed by atoms with Gasteiger partial charge in [-0.25, -0.2) is 13.6 Å². The topological polar surface area (TPSA) is 89.5 Å². The van der Waals surface area contributed by atoms with Gasteiger partial charge in [-0.15, -0.1) is 0 Å². The zero-order chi connectivity index (χ0) is 26.5. The molecule has 2 fully saturated rings. The molecule has 2 saturated heterocycles. The van der Waals surface area contributed by atoms with Gasteiger partial charge in [0, 0.05) is 36.9 Å². The normalized spacial score (nSPS) is 18.1. The summed E-state index contributed by atoms with van der Waals surface area (Å²) in [7, 11) is 0. The standard InChI is InChI=1S/C26H34F2N6O3/c1-15(2)21-18-6-7-19(27)20(28)22(18)34(30-21)24-29-23(37-31-24)17-8-10-32(11-9-17)12-16-13-33(14-16)25(35)36-26(3,4)5/h6-7,15-17H,8-14H2,1-5H3. The lowest BCUT2D eigenvalue weighted by Crippen LogP contribution is -2.55. The largest absolute Gasteiger partial charge is 0.444 e. The molecule has 1 amide bonds. The minimum Gasteiger partial charge on any atom is -0.444 e. The highest BCUT2D eigenvalue weighted by molar-refractivity contribution is 5.84. The molecule has 3 aromatic rings. The molecule has 37 heavy (non-hydrogen) atoms. The van der Waals surface area contributed by atoms with Crippen molar-refractivity contribution >= 4 is 17.0 Å². The van der Waals surface area contributed by atoms with Crippen molar-refractivity contribution in [1.29, 1.82) is 0 Å². The van der Waals surface area contributed by atoms with Gasteiger partial charge in [-0.05, 0) is 69.9 Å². The average Bonchev–Trinajstić information content (AvgIpc) is 3.43. The molecule has 0 bridgehead atoms. The van der Waals surface area contributed by atoms with Crippen molar-refractivity contribution in [2.24, 2.45) is 5.92 Å². The highest BCUT2D eigenvalue weighted by Crippen LogP contribution is 2.32. The van der Waals surface area contributed by atoms with Crippen LogP contribution in [0.4, 0.5) is 13.6 Å². The van der Waals surface area contributed by atoms with E-state index in [2.05, 4.69) is 20.1 Å². The molecule has 2 aliphatic rings. The van der Waals surface area contributed by atoms with Crippen molar-refractivity contribution in [1.82, 2.24) is 29.7 Å². The Morgan fingerprint density at radius 3 is 2.54 bits per heavy atom. The fourth-order valence-corrected chi connectivity index (χ4v) is 5.10. The van der Waals surface area contributed by atoms with Crippen molar-refractivity contribution < 1.29 is 22.8 Å². The molecule has 9 nitrogen and oxygen atoms in total. The molecule has 0 saturated carbocycles. The number of carbonyl (C=O) groups is 1. The molecule has 0 radical (unpaired) electrons. The van der Waals surface area contributed by atoms with E-state index in [1.54, 1.807) is 4.90 Å². The second-order valence-electron chi connectivity index (χ2n) is 11.5. The zero-order valence-electron chi connectivity index (χ0n) is 22.0. The molecule has 2 aliphatic heterocycles. The summed E-state index contributed by atoms with van der Waals surface area (Å²) in [5.74, 6) is -0.783. The Morgan fingerprint density at radius 1 is 1.19 bits per heavy atom. The summed E-state index contributed by atoms with van der Waals surface area (Å²) in [5.41, 5.74) is 0.186. The lowest BCUT2D eigenvalue weighted by atomic mass is 9.94. The van der Waals surface area contributed by atoms with Crippen LogP contribution in [-0.4, -0.2) is 74.1 Å². The first kappa shape index (κ1) is 25.6.